The Labute approximate surface area is 165 Å². The van der Waals surface area contributed by atoms with Gasteiger partial charge >= 0.3 is 6.03 Å². The van der Waals surface area contributed by atoms with E-state index < -0.39 is 5.54 Å². The van der Waals surface area contributed by atoms with E-state index in [2.05, 4.69) is 5.32 Å². The molecule has 0 aliphatic carbocycles. The normalized spacial score (nSPS) is 24.5. The first kappa shape index (κ1) is 18.9. The molecule has 0 saturated carbocycles. The van der Waals surface area contributed by atoms with Crippen LogP contribution in [0.1, 0.15) is 37.7 Å². The topological polar surface area (TPSA) is 79.0 Å². The molecule has 0 aromatic heterocycles. The number of likely N-dealkylation sites (tertiary alicyclic amines) is 1. The molecule has 1 N–H and O–H groups in total. The number of urea groups is 1. The second-order valence-electron chi connectivity index (χ2n) is 8.03. The van der Waals surface area contributed by atoms with Crippen LogP contribution in [0, 0.1) is 5.92 Å². The quantitative estimate of drug-likeness (QED) is 0.803. The Morgan fingerprint density at radius 3 is 2.61 bits per heavy atom. The van der Waals surface area contributed by atoms with Crippen molar-refractivity contribution in [2.24, 2.45) is 5.92 Å². The molecule has 150 valence electrons. The minimum Gasteiger partial charge on any atom is -0.381 e. The van der Waals surface area contributed by atoms with E-state index in [1.807, 2.05) is 35.2 Å². The van der Waals surface area contributed by atoms with Crippen LogP contribution in [0.25, 0.3) is 0 Å². The third-order valence-corrected chi connectivity index (χ3v) is 6.25. The fourth-order valence-corrected chi connectivity index (χ4v) is 4.55. The fourth-order valence-electron chi connectivity index (χ4n) is 4.55. The summed E-state index contributed by atoms with van der Waals surface area (Å²) < 4.78 is 5.48. The van der Waals surface area contributed by atoms with Gasteiger partial charge in [0.05, 0.1) is 0 Å². The number of carbonyl (C=O) groups excluding carboxylic acids is 3. The molecule has 3 fully saturated rings. The molecule has 1 spiro atoms. The first-order valence-corrected chi connectivity index (χ1v) is 10.1. The Hall–Kier alpha value is -2.41. The van der Waals surface area contributed by atoms with Crippen LogP contribution in [-0.4, -0.2) is 59.5 Å². The van der Waals surface area contributed by atoms with Crippen LogP contribution in [0.5, 0.6) is 0 Å². The molecule has 4 amide bonds. The molecule has 1 aromatic rings. The first-order chi connectivity index (χ1) is 13.6. The van der Waals surface area contributed by atoms with Crippen molar-refractivity contribution in [1.29, 1.82) is 0 Å². The summed E-state index contributed by atoms with van der Waals surface area (Å²) in [5.74, 6) is 0.189. The van der Waals surface area contributed by atoms with Gasteiger partial charge in [-0.05, 0) is 37.2 Å². The van der Waals surface area contributed by atoms with Crippen LogP contribution in [0.15, 0.2) is 30.3 Å². The number of nitrogens with zero attached hydrogens (tertiary/aromatic N) is 2. The maximum atomic E-state index is 12.7. The molecule has 7 heteroatoms. The van der Waals surface area contributed by atoms with E-state index >= 15 is 0 Å². The molecule has 28 heavy (non-hydrogen) atoms. The van der Waals surface area contributed by atoms with Gasteiger partial charge in [-0.1, -0.05) is 30.3 Å². The van der Waals surface area contributed by atoms with Crippen LogP contribution in [-0.2, 0) is 20.9 Å². The Morgan fingerprint density at radius 1 is 1.18 bits per heavy atom. The molecule has 3 heterocycles. The zero-order chi connectivity index (χ0) is 19.6. The number of amides is 4. The van der Waals surface area contributed by atoms with Gasteiger partial charge in [0.15, 0.2) is 0 Å². The lowest BCUT2D eigenvalue weighted by Crippen LogP contribution is -2.57. The summed E-state index contributed by atoms with van der Waals surface area (Å²) in [4.78, 5) is 41.3. The van der Waals surface area contributed by atoms with Crippen molar-refractivity contribution in [1.82, 2.24) is 15.1 Å². The standard InChI is InChI=1S/C21H27N3O4/c25-18(13-17-7-4-12-28-15-17)23-10-8-21(9-11-23)19(26)22-20(27)24(21)14-16-5-2-1-3-6-16/h1-3,5-6,17H,4,7-15H2,(H,22,26,27). The van der Waals surface area contributed by atoms with E-state index in [0.717, 1.165) is 25.0 Å². The van der Waals surface area contributed by atoms with Crippen molar-refractivity contribution in [3.05, 3.63) is 35.9 Å². The Morgan fingerprint density at radius 2 is 1.93 bits per heavy atom. The zero-order valence-electron chi connectivity index (χ0n) is 16.1. The van der Waals surface area contributed by atoms with Gasteiger partial charge in [-0.15, -0.1) is 0 Å². The van der Waals surface area contributed by atoms with Crippen LogP contribution < -0.4 is 5.32 Å². The number of piperidine rings is 1. The Bertz CT molecular complexity index is 737. The molecule has 7 nitrogen and oxygen atoms in total. The Kier molecular flexibility index (Phi) is 5.35. The van der Waals surface area contributed by atoms with E-state index in [4.69, 9.17) is 4.74 Å². The molecule has 0 radical (unpaired) electrons. The number of benzene rings is 1. The third kappa shape index (κ3) is 3.63. The fraction of sp³-hybridized carbons (Fsp3) is 0.571. The van der Waals surface area contributed by atoms with E-state index in [1.165, 1.54) is 0 Å². The maximum absolute atomic E-state index is 12.7. The molecule has 3 aliphatic rings. The second kappa shape index (κ2) is 7.91. The molecule has 3 aliphatic heterocycles. The minimum absolute atomic E-state index is 0.129. The van der Waals surface area contributed by atoms with E-state index in [-0.39, 0.29) is 17.8 Å². The molecule has 1 atom stereocenters. The summed E-state index contributed by atoms with van der Waals surface area (Å²) >= 11 is 0. The van der Waals surface area contributed by atoms with Crippen molar-refractivity contribution in [3.8, 4) is 0 Å². The summed E-state index contributed by atoms with van der Waals surface area (Å²) in [5.41, 5.74) is 0.139. The van der Waals surface area contributed by atoms with Crippen molar-refractivity contribution in [2.75, 3.05) is 26.3 Å². The SMILES string of the molecule is O=C(CC1CCCOC1)N1CCC2(CC1)C(=O)NC(=O)N2Cc1ccccc1. The van der Waals surface area contributed by atoms with Crippen LogP contribution >= 0.6 is 0 Å². The molecule has 4 rings (SSSR count). The number of carbonyl (C=O) groups is 3. The Balaban J connectivity index is 1.41. The summed E-state index contributed by atoms with van der Waals surface area (Å²) in [5, 5.41) is 2.49. The summed E-state index contributed by atoms with van der Waals surface area (Å²) in [6.07, 6.45) is 3.50. The van der Waals surface area contributed by atoms with Gasteiger partial charge in [-0.3, -0.25) is 14.9 Å². The summed E-state index contributed by atoms with van der Waals surface area (Å²) in [6.45, 7) is 2.84. The van der Waals surface area contributed by atoms with Gasteiger partial charge in [0.2, 0.25) is 5.91 Å². The number of hydrogen-bond donors (Lipinski definition) is 1. The number of imide groups is 1. The van der Waals surface area contributed by atoms with E-state index in [0.29, 0.717) is 51.4 Å². The lowest BCUT2D eigenvalue weighted by atomic mass is 9.85. The zero-order valence-corrected chi connectivity index (χ0v) is 16.1. The number of rotatable bonds is 4. The predicted octanol–water partition coefficient (Wildman–Crippen LogP) is 1.92. The lowest BCUT2D eigenvalue weighted by Gasteiger charge is -2.42. The lowest BCUT2D eigenvalue weighted by molar-refractivity contribution is -0.139. The second-order valence-corrected chi connectivity index (χ2v) is 8.03. The maximum Gasteiger partial charge on any atom is 0.325 e. The predicted molar refractivity (Wildman–Crippen MR) is 102 cm³/mol. The monoisotopic (exact) mass is 385 g/mol. The van der Waals surface area contributed by atoms with Crippen LogP contribution in [0.3, 0.4) is 0 Å². The molecular weight excluding hydrogens is 358 g/mol. The van der Waals surface area contributed by atoms with Gasteiger partial charge in [0.1, 0.15) is 5.54 Å². The van der Waals surface area contributed by atoms with Crippen molar-refractivity contribution in [2.45, 2.75) is 44.2 Å². The highest BCUT2D eigenvalue weighted by Gasteiger charge is 2.54. The van der Waals surface area contributed by atoms with Crippen molar-refractivity contribution >= 4 is 17.8 Å². The van der Waals surface area contributed by atoms with Crippen molar-refractivity contribution < 1.29 is 19.1 Å². The summed E-state index contributed by atoms with van der Waals surface area (Å²) in [6, 6.07) is 9.34. The first-order valence-electron chi connectivity index (χ1n) is 10.1. The molecule has 1 aromatic carbocycles. The largest absolute Gasteiger partial charge is 0.381 e. The van der Waals surface area contributed by atoms with Gasteiger partial charge in [-0.25, -0.2) is 4.79 Å². The minimum atomic E-state index is -0.850. The van der Waals surface area contributed by atoms with Crippen molar-refractivity contribution in [3.63, 3.8) is 0 Å². The van der Waals surface area contributed by atoms with E-state index in [9.17, 15) is 14.4 Å². The third-order valence-electron chi connectivity index (χ3n) is 6.25. The molecule has 0 bridgehead atoms. The van der Waals surface area contributed by atoms with Crippen LogP contribution in [0.2, 0.25) is 0 Å². The average Bonchev–Trinajstić information content (AvgIpc) is 2.94. The smallest absolute Gasteiger partial charge is 0.325 e. The van der Waals surface area contributed by atoms with Gasteiger partial charge < -0.3 is 14.5 Å². The van der Waals surface area contributed by atoms with Crippen LogP contribution in [0.4, 0.5) is 4.79 Å². The summed E-state index contributed by atoms with van der Waals surface area (Å²) in [7, 11) is 0. The highest BCUT2D eigenvalue weighted by molar-refractivity contribution is 6.07. The highest BCUT2D eigenvalue weighted by Crippen LogP contribution is 2.35. The van der Waals surface area contributed by atoms with Gasteiger partial charge in [0.25, 0.3) is 5.91 Å². The average molecular weight is 385 g/mol. The van der Waals surface area contributed by atoms with Gasteiger partial charge in [0, 0.05) is 39.3 Å². The van der Waals surface area contributed by atoms with E-state index in [1.54, 1.807) is 4.90 Å². The number of ether oxygens (including phenoxy) is 1. The number of hydrogen-bond acceptors (Lipinski definition) is 4. The number of nitrogens with one attached hydrogen (secondary N) is 1. The highest BCUT2D eigenvalue weighted by atomic mass is 16.5. The van der Waals surface area contributed by atoms with Gasteiger partial charge in [-0.2, -0.15) is 0 Å². The molecular formula is C21H27N3O4. The molecule has 3 saturated heterocycles. The molecule has 1 unspecified atom stereocenters.